The number of aromatic nitrogens is 1. The molecule has 5 nitrogen and oxygen atoms in total. The van der Waals surface area contributed by atoms with E-state index in [9.17, 15) is 4.79 Å². The molecule has 1 amide bonds. The summed E-state index contributed by atoms with van der Waals surface area (Å²) in [5.74, 6) is 0.303. The van der Waals surface area contributed by atoms with Crippen molar-refractivity contribution >= 4 is 17.4 Å². The van der Waals surface area contributed by atoms with E-state index < -0.39 is 5.91 Å². The summed E-state index contributed by atoms with van der Waals surface area (Å²) in [6.07, 6.45) is 2.36. The number of rotatable bonds is 6. The summed E-state index contributed by atoms with van der Waals surface area (Å²) in [5, 5.41) is 0. The van der Waals surface area contributed by atoms with Crippen LogP contribution in [0.15, 0.2) is 42.6 Å². The van der Waals surface area contributed by atoms with E-state index in [2.05, 4.69) is 16.0 Å². The summed E-state index contributed by atoms with van der Waals surface area (Å²) in [7, 11) is 0. The maximum atomic E-state index is 11.1. The molecule has 0 saturated heterocycles. The van der Waals surface area contributed by atoms with Crippen molar-refractivity contribution in [2.45, 2.75) is 13.3 Å². The van der Waals surface area contributed by atoms with E-state index in [4.69, 9.17) is 11.5 Å². The minimum absolute atomic E-state index is 0.404. The Bertz CT molecular complexity index is 610. The smallest absolute Gasteiger partial charge is 0.250 e. The number of hydrogen-bond donors (Lipinski definition) is 2. The first-order chi connectivity index (χ1) is 10.1. The van der Waals surface area contributed by atoms with Crippen LogP contribution in [0, 0.1) is 6.92 Å². The Morgan fingerprint density at radius 1 is 1.29 bits per heavy atom. The number of carbonyl (C=O) groups is 1. The summed E-state index contributed by atoms with van der Waals surface area (Å²) in [6.45, 7) is 3.43. The third kappa shape index (κ3) is 3.79. The number of amides is 1. The van der Waals surface area contributed by atoms with Crippen LogP contribution in [0.4, 0.5) is 11.5 Å². The Kier molecular flexibility index (Phi) is 4.90. The molecule has 110 valence electrons. The molecule has 0 unspecified atom stereocenters. The van der Waals surface area contributed by atoms with Gasteiger partial charge < -0.3 is 16.4 Å². The molecule has 0 aliphatic heterocycles. The Morgan fingerprint density at radius 2 is 2.10 bits per heavy atom. The molecule has 0 saturated carbocycles. The number of aryl methyl sites for hydroxylation is 1. The molecule has 0 radical (unpaired) electrons. The van der Waals surface area contributed by atoms with Gasteiger partial charge in [0.1, 0.15) is 5.82 Å². The Hall–Kier alpha value is -2.40. The van der Waals surface area contributed by atoms with Crippen LogP contribution in [0.3, 0.4) is 0 Å². The number of pyridine rings is 1. The van der Waals surface area contributed by atoms with Crippen molar-refractivity contribution in [1.29, 1.82) is 0 Å². The molecular weight excluding hydrogens is 264 g/mol. The molecule has 21 heavy (non-hydrogen) atoms. The van der Waals surface area contributed by atoms with Gasteiger partial charge in [-0.25, -0.2) is 4.98 Å². The van der Waals surface area contributed by atoms with E-state index in [0.29, 0.717) is 12.1 Å². The fraction of sp³-hybridized carbons (Fsp3) is 0.250. The molecule has 2 rings (SSSR count). The van der Waals surface area contributed by atoms with Crippen LogP contribution in [0.1, 0.15) is 22.3 Å². The summed E-state index contributed by atoms with van der Waals surface area (Å²) in [5.41, 5.74) is 13.5. The Balaban J connectivity index is 2.33. The monoisotopic (exact) mass is 284 g/mol. The molecule has 5 heteroatoms. The van der Waals surface area contributed by atoms with Gasteiger partial charge in [0.05, 0.1) is 5.56 Å². The van der Waals surface area contributed by atoms with Crippen LogP contribution in [-0.4, -0.2) is 24.0 Å². The van der Waals surface area contributed by atoms with Gasteiger partial charge in [-0.15, -0.1) is 0 Å². The third-order valence-electron chi connectivity index (χ3n) is 3.21. The second-order valence-corrected chi connectivity index (χ2v) is 4.90. The summed E-state index contributed by atoms with van der Waals surface area (Å²) >= 11 is 0. The first kappa shape index (κ1) is 15.0. The van der Waals surface area contributed by atoms with Gasteiger partial charge in [-0.2, -0.15) is 0 Å². The van der Waals surface area contributed by atoms with Crippen LogP contribution in [0.25, 0.3) is 0 Å². The predicted molar refractivity (Wildman–Crippen MR) is 84.6 cm³/mol. The lowest BCUT2D eigenvalue weighted by Gasteiger charge is -2.24. The van der Waals surface area contributed by atoms with E-state index in [1.165, 1.54) is 11.8 Å². The largest absolute Gasteiger partial charge is 0.366 e. The van der Waals surface area contributed by atoms with Crippen molar-refractivity contribution in [1.82, 2.24) is 4.98 Å². The molecule has 0 spiro atoms. The van der Waals surface area contributed by atoms with E-state index in [0.717, 1.165) is 24.5 Å². The van der Waals surface area contributed by atoms with Crippen LogP contribution < -0.4 is 16.4 Å². The number of anilines is 2. The van der Waals surface area contributed by atoms with Crippen molar-refractivity contribution in [3.8, 4) is 0 Å². The lowest BCUT2D eigenvalue weighted by molar-refractivity contribution is 0.1000. The second-order valence-electron chi connectivity index (χ2n) is 4.90. The highest BCUT2D eigenvalue weighted by molar-refractivity contribution is 5.92. The zero-order chi connectivity index (χ0) is 15.2. The number of nitrogens with zero attached hydrogens (tertiary/aromatic N) is 2. The maximum absolute atomic E-state index is 11.1. The fourth-order valence-electron chi connectivity index (χ4n) is 2.11. The van der Waals surface area contributed by atoms with Crippen molar-refractivity contribution < 1.29 is 4.79 Å². The molecule has 0 fully saturated rings. The maximum Gasteiger partial charge on any atom is 0.250 e. The zero-order valence-corrected chi connectivity index (χ0v) is 12.1. The standard InChI is InChI=1S/C16H20N4O/c1-12-4-2-5-14(10-12)20(9-3-8-17)15-7-6-13(11-19-15)16(18)21/h2,4-7,10-11H,3,8-9,17H2,1H3,(H2,18,21). The minimum atomic E-state index is -0.474. The van der Waals surface area contributed by atoms with Crippen molar-refractivity contribution in [3.63, 3.8) is 0 Å². The van der Waals surface area contributed by atoms with Gasteiger partial charge in [-0.1, -0.05) is 12.1 Å². The lowest BCUT2D eigenvalue weighted by Crippen LogP contribution is -2.22. The molecule has 0 aliphatic carbocycles. The number of benzene rings is 1. The van der Waals surface area contributed by atoms with Crippen molar-refractivity contribution in [2.24, 2.45) is 11.5 Å². The molecule has 0 bridgehead atoms. The van der Waals surface area contributed by atoms with Gasteiger partial charge in [0, 0.05) is 18.4 Å². The Labute approximate surface area is 124 Å². The zero-order valence-electron chi connectivity index (χ0n) is 12.1. The first-order valence-electron chi connectivity index (χ1n) is 6.92. The van der Waals surface area contributed by atoms with Crippen molar-refractivity contribution in [2.75, 3.05) is 18.0 Å². The van der Waals surface area contributed by atoms with E-state index in [1.54, 1.807) is 12.1 Å². The molecule has 1 aromatic carbocycles. The van der Waals surface area contributed by atoms with Crippen LogP contribution >= 0.6 is 0 Å². The van der Waals surface area contributed by atoms with Gasteiger partial charge >= 0.3 is 0 Å². The molecule has 2 aromatic rings. The minimum Gasteiger partial charge on any atom is -0.366 e. The highest BCUT2D eigenvalue weighted by atomic mass is 16.1. The van der Waals surface area contributed by atoms with E-state index in [-0.39, 0.29) is 0 Å². The molecule has 4 N–H and O–H groups in total. The number of primary amides is 1. The average molecular weight is 284 g/mol. The van der Waals surface area contributed by atoms with Crippen LogP contribution in [0.5, 0.6) is 0 Å². The van der Waals surface area contributed by atoms with Gasteiger partial charge in [-0.05, 0) is 49.7 Å². The highest BCUT2D eigenvalue weighted by Gasteiger charge is 2.11. The second kappa shape index (κ2) is 6.85. The predicted octanol–water partition coefficient (Wildman–Crippen LogP) is 1.98. The number of nitrogens with two attached hydrogens (primary N) is 2. The third-order valence-corrected chi connectivity index (χ3v) is 3.21. The van der Waals surface area contributed by atoms with Crippen molar-refractivity contribution in [3.05, 3.63) is 53.7 Å². The molecule has 0 atom stereocenters. The Morgan fingerprint density at radius 3 is 2.67 bits per heavy atom. The quantitative estimate of drug-likeness (QED) is 0.849. The first-order valence-corrected chi connectivity index (χ1v) is 6.92. The summed E-state index contributed by atoms with van der Waals surface area (Å²) < 4.78 is 0. The molecular formula is C16H20N4O. The molecule has 1 aromatic heterocycles. The van der Waals surface area contributed by atoms with Gasteiger partial charge in [0.15, 0.2) is 0 Å². The number of hydrogen-bond acceptors (Lipinski definition) is 4. The summed E-state index contributed by atoms with van der Waals surface area (Å²) in [6, 6.07) is 11.7. The van der Waals surface area contributed by atoms with E-state index in [1.807, 2.05) is 25.1 Å². The fourth-order valence-corrected chi connectivity index (χ4v) is 2.11. The summed E-state index contributed by atoms with van der Waals surface area (Å²) in [4.78, 5) is 17.6. The van der Waals surface area contributed by atoms with Gasteiger partial charge in [0.2, 0.25) is 5.91 Å². The normalized spacial score (nSPS) is 10.4. The lowest BCUT2D eigenvalue weighted by atomic mass is 10.2. The molecule has 0 aliphatic rings. The highest BCUT2D eigenvalue weighted by Crippen LogP contribution is 2.24. The number of carbonyl (C=O) groups excluding carboxylic acids is 1. The average Bonchev–Trinajstić information content (AvgIpc) is 2.48. The van der Waals surface area contributed by atoms with E-state index >= 15 is 0 Å². The van der Waals surface area contributed by atoms with Crippen LogP contribution in [-0.2, 0) is 0 Å². The topological polar surface area (TPSA) is 85.2 Å². The molecule has 1 heterocycles. The van der Waals surface area contributed by atoms with Gasteiger partial charge in [0.25, 0.3) is 0 Å². The van der Waals surface area contributed by atoms with Crippen LogP contribution in [0.2, 0.25) is 0 Å². The SMILES string of the molecule is Cc1cccc(N(CCCN)c2ccc(C(N)=O)cn2)c1. The van der Waals surface area contributed by atoms with Gasteiger partial charge in [-0.3, -0.25) is 4.79 Å².